The van der Waals surface area contributed by atoms with Crippen LogP contribution in [0.1, 0.15) is 42.8 Å². The van der Waals surface area contributed by atoms with Gasteiger partial charge in [-0.1, -0.05) is 48.3 Å². The molecule has 35 heavy (non-hydrogen) atoms. The van der Waals surface area contributed by atoms with Crippen LogP contribution < -0.4 is 0 Å². The molecule has 1 aromatic carbocycles. The summed E-state index contributed by atoms with van der Waals surface area (Å²) >= 11 is 11.5. The van der Waals surface area contributed by atoms with E-state index in [4.69, 9.17) is 32.8 Å². The van der Waals surface area contributed by atoms with Gasteiger partial charge in [0.15, 0.2) is 5.82 Å². The van der Waals surface area contributed by atoms with Crippen LogP contribution in [-0.2, 0) is 32.2 Å². The first-order valence-corrected chi connectivity index (χ1v) is 11.5. The molecule has 1 fully saturated rings. The molecule has 186 valence electrons. The fourth-order valence-electron chi connectivity index (χ4n) is 4.65. The molecule has 1 aromatic heterocycles. The second-order valence-corrected chi connectivity index (χ2v) is 10.0. The summed E-state index contributed by atoms with van der Waals surface area (Å²) in [6.07, 6.45) is -5.62. The third-order valence-electron chi connectivity index (χ3n) is 6.58. The molecule has 0 bridgehead atoms. The average molecular weight is 532 g/mol. The largest absolute Gasteiger partial charge is 0.435 e. The predicted octanol–water partition coefficient (Wildman–Crippen LogP) is 5.33. The zero-order valence-corrected chi connectivity index (χ0v) is 20.1. The zero-order valence-electron chi connectivity index (χ0n) is 18.5. The summed E-state index contributed by atoms with van der Waals surface area (Å²) < 4.78 is 62.5. The van der Waals surface area contributed by atoms with Crippen LogP contribution in [0.2, 0.25) is 10.0 Å². The third kappa shape index (κ3) is 3.68. The van der Waals surface area contributed by atoms with Crippen molar-refractivity contribution in [1.82, 2.24) is 9.88 Å². The van der Waals surface area contributed by atoms with E-state index in [0.29, 0.717) is 18.8 Å². The normalized spacial score (nSPS) is 22.8. The lowest BCUT2D eigenvalue weighted by Gasteiger charge is -2.48. The number of hydrogen-bond acceptors (Lipinski definition) is 5. The molecule has 2 aromatic rings. The minimum absolute atomic E-state index is 0.0270. The van der Waals surface area contributed by atoms with Gasteiger partial charge in [-0.3, -0.25) is 4.79 Å². The first-order valence-electron chi connectivity index (χ1n) is 10.8. The lowest BCUT2D eigenvalue weighted by Crippen LogP contribution is -2.62. The fourth-order valence-corrected chi connectivity index (χ4v) is 5.14. The second kappa shape index (κ2) is 8.04. The minimum Gasteiger partial charge on any atom is -0.374 e. The summed E-state index contributed by atoms with van der Waals surface area (Å²) in [7, 11) is 0. The van der Waals surface area contributed by atoms with Gasteiger partial charge in [0.25, 0.3) is 5.60 Å². The number of nitrogens with zero attached hydrogens (tertiary/aromatic N) is 3. The number of likely N-dealkylation sites (tertiary alicyclic amines) is 1. The molecule has 3 aliphatic heterocycles. The molecule has 12 heteroatoms. The van der Waals surface area contributed by atoms with Gasteiger partial charge >= 0.3 is 6.18 Å². The number of carbonyl (C=O) groups is 1. The Morgan fingerprint density at radius 3 is 2.43 bits per heavy atom. The Hall–Kier alpha value is -2.43. The van der Waals surface area contributed by atoms with Crippen LogP contribution in [0.3, 0.4) is 0 Å². The fraction of sp³-hybridized carbons (Fsp3) is 0.435. The van der Waals surface area contributed by atoms with Crippen molar-refractivity contribution in [1.29, 1.82) is 0 Å². The van der Waals surface area contributed by atoms with Crippen LogP contribution in [0.25, 0.3) is 0 Å². The van der Waals surface area contributed by atoms with Gasteiger partial charge in [0, 0.05) is 17.0 Å². The highest BCUT2D eigenvalue weighted by Gasteiger charge is 2.63. The van der Waals surface area contributed by atoms with E-state index in [0.717, 1.165) is 17.7 Å². The summed E-state index contributed by atoms with van der Waals surface area (Å²) in [6, 6.07) is 4.97. The summed E-state index contributed by atoms with van der Waals surface area (Å²) in [6.45, 7) is 4.60. The van der Waals surface area contributed by atoms with Crippen LogP contribution in [0, 0.1) is 11.7 Å². The highest BCUT2D eigenvalue weighted by Crippen LogP contribution is 2.50. The molecule has 1 saturated heterocycles. The van der Waals surface area contributed by atoms with Gasteiger partial charge in [0.05, 0.1) is 47.6 Å². The SMILES string of the molecule is CC(C)C(=O)N1CC2(C1)OCc1nc(C3=NOC(c4cc(Cl)c(F)c(Cl)c4)(C(F)(F)F)C3)ccc12. The Morgan fingerprint density at radius 2 is 1.83 bits per heavy atom. The maximum absolute atomic E-state index is 14.2. The Bertz CT molecular complexity index is 1240. The van der Waals surface area contributed by atoms with Crippen molar-refractivity contribution >= 4 is 34.8 Å². The lowest BCUT2D eigenvalue weighted by atomic mass is 9.85. The smallest absolute Gasteiger partial charge is 0.374 e. The topological polar surface area (TPSA) is 64.0 Å². The van der Waals surface area contributed by atoms with Crippen molar-refractivity contribution in [3.8, 4) is 0 Å². The number of pyridine rings is 1. The summed E-state index contributed by atoms with van der Waals surface area (Å²) in [5, 5.41) is 2.58. The number of hydrogen-bond donors (Lipinski definition) is 0. The van der Waals surface area contributed by atoms with Gasteiger partial charge in [-0.25, -0.2) is 9.37 Å². The molecule has 0 radical (unpaired) electrons. The maximum Gasteiger partial charge on any atom is 0.435 e. The quantitative estimate of drug-likeness (QED) is 0.396. The number of rotatable bonds is 3. The number of ether oxygens (including phenoxy) is 1. The molecule has 0 aliphatic carbocycles. The molecule has 1 atom stereocenters. The van der Waals surface area contributed by atoms with Crippen molar-refractivity contribution in [3.05, 3.63) is 62.6 Å². The number of carbonyl (C=O) groups excluding carboxylic acids is 1. The van der Waals surface area contributed by atoms with Crippen LogP contribution in [-0.4, -0.2) is 40.8 Å². The number of oxime groups is 1. The summed E-state index contributed by atoms with van der Waals surface area (Å²) in [5.41, 5.74) is -2.48. The van der Waals surface area contributed by atoms with Crippen LogP contribution >= 0.6 is 23.2 Å². The Labute approximate surface area is 207 Å². The molecule has 1 spiro atoms. The molecule has 5 rings (SSSR count). The minimum atomic E-state index is -4.91. The standard InChI is InChI=1S/C23H19Cl2F4N3O3/c1-11(2)20(33)32-9-21(10-32)13-3-4-16(30-18(13)8-34-21)17-7-22(35-31-17,23(27,28)29)12-5-14(24)19(26)15(25)6-12/h3-6,11H,7-10H2,1-2H3. The van der Waals surface area contributed by atoms with E-state index in [2.05, 4.69) is 10.1 Å². The predicted molar refractivity (Wildman–Crippen MR) is 119 cm³/mol. The van der Waals surface area contributed by atoms with E-state index in [9.17, 15) is 22.4 Å². The average Bonchev–Trinajstić information content (AvgIpc) is 3.38. The van der Waals surface area contributed by atoms with Crippen molar-refractivity contribution in [2.24, 2.45) is 11.1 Å². The number of aromatic nitrogens is 1. The van der Waals surface area contributed by atoms with Crippen LogP contribution in [0.15, 0.2) is 29.4 Å². The number of benzene rings is 1. The van der Waals surface area contributed by atoms with Crippen LogP contribution in [0.4, 0.5) is 17.6 Å². The molecule has 6 nitrogen and oxygen atoms in total. The van der Waals surface area contributed by atoms with Crippen molar-refractivity contribution in [2.45, 2.75) is 44.3 Å². The number of amides is 1. The summed E-state index contributed by atoms with van der Waals surface area (Å²) in [4.78, 5) is 23.4. The molecular formula is C23H19Cl2F4N3O3. The van der Waals surface area contributed by atoms with Gasteiger partial charge in [-0.05, 0) is 18.2 Å². The van der Waals surface area contributed by atoms with Gasteiger partial charge in [-0.2, -0.15) is 13.2 Å². The Kier molecular flexibility index (Phi) is 5.58. The van der Waals surface area contributed by atoms with E-state index >= 15 is 0 Å². The van der Waals surface area contributed by atoms with Gasteiger partial charge < -0.3 is 14.5 Å². The monoisotopic (exact) mass is 531 g/mol. The van der Waals surface area contributed by atoms with E-state index in [-0.39, 0.29) is 29.8 Å². The molecular weight excluding hydrogens is 513 g/mol. The molecule has 1 unspecified atom stereocenters. The molecule has 0 saturated carbocycles. The van der Waals surface area contributed by atoms with E-state index in [1.165, 1.54) is 0 Å². The van der Waals surface area contributed by atoms with Gasteiger partial charge in [0.2, 0.25) is 5.91 Å². The van der Waals surface area contributed by atoms with Crippen LogP contribution in [0.5, 0.6) is 0 Å². The van der Waals surface area contributed by atoms with Gasteiger partial charge in [0.1, 0.15) is 11.3 Å². The molecule has 0 N–H and O–H groups in total. The number of halogens is 6. The lowest BCUT2D eigenvalue weighted by molar-refractivity contribution is -0.275. The maximum atomic E-state index is 14.2. The van der Waals surface area contributed by atoms with Crippen molar-refractivity contribution in [3.63, 3.8) is 0 Å². The Morgan fingerprint density at radius 1 is 1.17 bits per heavy atom. The van der Waals surface area contributed by atoms with E-state index < -0.39 is 45.2 Å². The Balaban J connectivity index is 1.42. The van der Waals surface area contributed by atoms with E-state index in [1.807, 2.05) is 13.8 Å². The van der Waals surface area contributed by atoms with E-state index in [1.54, 1.807) is 17.0 Å². The molecule has 1 amide bonds. The van der Waals surface area contributed by atoms with Crippen molar-refractivity contribution in [2.75, 3.05) is 13.1 Å². The second-order valence-electron chi connectivity index (χ2n) is 9.21. The van der Waals surface area contributed by atoms with Gasteiger partial charge in [-0.15, -0.1) is 0 Å². The highest BCUT2D eigenvalue weighted by molar-refractivity contribution is 6.35. The summed E-state index contributed by atoms with van der Waals surface area (Å²) in [5.74, 6) is -1.12. The molecule has 3 aliphatic rings. The third-order valence-corrected chi connectivity index (χ3v) is 7.13. The number of fused-ring (bicyclic) bond motifs is 2. The molecule has 4 heterocycles. The zero-order chi connectivity index (χ0) is 25.3. The van der Waals surface area contributed by atoms with Crippen molar-refractivity contribution < 1.29 is 31.9 Å². The first-order chi connectivity index (χ1) is 16.4. The highest BCUT2D eigenvalue weighted by atomic mass is 35.5. The first kappa shape index (κ1) is 24.3. The number of alkyl halides is 3.